The average molecular weight is 595 g/mol. The fraction of sp³-hybridized carbons (Fsp3) is 0.424. The Bertz CT molecular complexity index is 1370. The molecule has 1 unspecified atom stereocenters. The Morgan fingerprint density at radius 2 is 1.79 bits per heavy atom. The first-order chi connectivity index (χ1) is 19.8. The van der Waals surface area contributed by atoms with Gasteiger partial charge in [0.25, 0.3) is 5.91 Å². The molecule has 3 aromatic rings. The third-order valence-electron chi connectivity index (χ3n) is 8.49. The SMILES string of the molecule is COc1ccc(C(=O)Nc2ccccn2)c(C2CCC(COc3cccc([C@H](C4CC4)C(C)(F)C(=O)O)c3)CC2)c1.S. The summed E-state index contributed by atoms with van der Waals surface area (Å²) in [7, 11) is 1.62. The number of hydrogen-bond acceptors (Lipinski definition) is 5. The topological polar surface area (TPSA) is 97.8 Å². The van der Waals surface area contributed by atoms with E-state index in [9.17, 15) is 14.7 Å². The van der Waals surface area contributed by atoms with Gasteiger partial charge >= 0.3 is 5.97 Å². The molecule has 224 valence electrons. The first-order valence-electron chi connectivity index (χ1n) is 14.3. The van der Waals surface area contributed by atoms with Gasteiger partial charge in [0.15, 0.2) is 0 Å². The number of rotatable bonds is 11. The number of methoxy groups -OCH3 is 1. The molecular formula is C33H39FN2O5S. The standard InChI is InChI=1S/C33H37FN2O5.H2S/c1-33(34,32(38)39)30(23-13-14-23)24-6-5-7-26(18-24)41-20-21-9-11-22(12-10-21)28-19-25(40-2)15-16-27(28)31(37)36-29-8-3-4-17-35-29;/h3-8,15-19,21-23,30H,9-14,20H2,1-2H3,(H,38,39)(H,35,36,37);1H2/t21?,22?,30-,33?;/m0./s1. The molecule has 0 spiro atoms. The summed E-state index contributed by atoms with van der Waals surface area (Å²) >= 11 is 0. The number of hydrogen-bond donors (Lipinski definition) is 2. The van der Waals surface area contributed by atoms with E-state index in [1.54, 1.807) is 43.6 Å². The highest BCUT2D eigenvalue weighted by Crippen LogP contribution is 2.50. The summed E-state index contributed by atoms with van der Waals surface area (Å²) in [6.07, 6.45) is 7.02. The minimum atomic E-state index is -2.33. The molecule has 0 radical (unpaired) electrons. The molecule has 2 aliphatic carbocycles. The van der Waals surface area contributed by atoms with E-state index in [4.69, 9.17) is 9.47 Å². The van der Waals surface area contributed by atoms with Crippen LogP contribution in [0.4, 0.5) is 10.2 Å². The number of carboxylic acids is 1. The van der Waals surface area contributed by atoms with Crippen molar-refractivity contribution in [3.8, 4) is 11.5 Å². The average Bonchev–Trinajstić information content (AvgIpc) is 3.81. The van der Waals surface area contributed by atoms with Crippen molar-refractivity contribution in [1.29, 1.82) is 0 Å². The smallest absolute Gasteiger partial charge is 0.341 e. The molecule has 42 heavy (non-hydrogen) atoms. The molecule has 0 saturated heterocycles. The zero-order chi connectivity index (χ0) is 29.0. The molecule has 0 aliphatic heterocycles. The van der Waals surface area contributed by atoms with Crippen molar-refractivity contribution in [2.45, 2.75) is 63.0 Å². The minimum absolute atomic E-state index is 0. The molecule has 9 heteroatoms. The summed E-state index contributed by atoms with van der Waals surface area (Å²) in [5.41, 5.74) is -0.0511. The second kappa shape index (κ2) is 13.6. The van der Waals surface area contributed by atoms with Crippen molar-refractivity contribution in [3.05, 3.63) is 83.6 Å². The van der Waals surface area contributed by atoms with Gasteiger partial charge in [0, 0.05) is 17.7 Å². The number of nitrogens with one attached hydrogen (secondary N) is 1. The normalized spacial score (nSPS) is 20.4. The number of carboxylic acid groups (broad SMARTS) is 1. The van der Waals surface area contributed by atoms with Crippen LogP contribution >= 0.6 is 13.5 Å². The second-order valence-electron chi connectivity index (χ2n) is 11.4. The van der Waals surface area contributed by atoms with Gasteiger partial charge in [-0.05, 0) is 117 Å². The Balaban J connectivity index is 0.00000405. The molecule has 2 atom stereocenters. The number of amides is 1. The minimum Gasteiger partial charge on any atom is -0.497 e. The third kappa shape index (κ3) is 7.24. The summed E-state index contributed by atoms with van der Waals surface area (Å²) in [5.74, 6) is 0.156. The Kier molecular flexibility index (Phi) is 10.1. The summed E-state index contributed by atoms with van der Waals surface area (Å²) in [6, 6.07) is 18.2. The van der Waals surface area contributed by atoms with Gasteiger partial charge in [-0.2, -0.15) is 13.5 Å². The lowest BCUT2D eigenvalue weighted by Gasteiger charge is -2.30. The highest BCUT2D eigenvalue weighted by Gasteiger charge is 2.50. The molecule has 2 aromatic carbocycles. The van der Waals surface area contributed by atoms with Gasteiger partial charge in [-0.1, -0.05) is 18.2 Å². The molecule has 2 saturated carbocycles. The summed E-state index contributed by atoms with van der Waals surface area (Å²) in [4.78, 5) is 29.0. The number of carbonyl (C=O) groups excluding carboxylic acids is 1. The summed E-state index contributed by atoms with van der Waals surface area (Å²) in [6.45, 7) is 1.70. The third-order valence-corrected chi connectivity index (χ3v) is 8.49. The van der Waals surface area contributed by atoms with Gasteiger partial charge in [0.2, 0.25) is 5.67 Å². The van der Waals surface area contributed by atoms with Crippen LogP contribution in [0.5, 0.6) is 11.5 Å². The van der Waals surface area contributed by atoms with Crippen LogP contribution in [0.1, 0.15) is 78.8 Å². The predicted molar refractivity (Wildman–Crippen MR) is 165 cm³/mol. The fourth-order valence-corrected chi connectivity index (χ4v) is 6.08. The van der Waals surface area contributed by atoms with E-state index in [-0.39, 0.29) is 31.2 Å². The van der Waals surface area contributed by atoms with E-state index >= 15 is 4.39 Å². The molecular weight excluding hydrogens is 555 g/mol. The maximum atomic E-state index is 15.2. The van der Waals surface area contributed by atoms with Gasteiger partial charge in [-0.15, -0.1) is 0 Å². The Morgan fingerprint density at radius 1 is 1.02 bits per heavy atom. The quantitative estimate of drug-likeness (QED) is 0.245. The van der Waals surface area contributed by atoms with Crippen LogP contribution in [0.15, 0.2) is 66.9 Å². The highest BCUT2D eigenvalue weighted by atomic mass is 32.1. The molecule has 1 heterocycles. The lowest BCUT2D eigenvalue weighted by molar-refractivity contribution is -0.151. The monoisotopic (exact) mass is 594 g/mol. The first-order valence-corrected chi connectivity index (χ1v) is 14.3. The summed E-state index contributed by atoms with van der Waals surface area (Å²) in [5, 5.41) is 12.4. The van der Waals surface area contributed by atoms with E-state index < -0.39 is 17.6 Å². The number of alkyl halides is 1. The summed E-state index contributed by atoms with van der Waals surface area (Å²) < 4.78 is 26.8. The number of benzene rings is 2. The zero-order valence-electron chi connectivity index (χ0n) is 24.0. The fourth-order valence-electron chi connectivity index (χ4n) is 6.08. The van der Waals surface area contributed by atoms with Gasteiger partial charge in [-0.3, -0.25) is 4.79 Å². The Labute approximate surface area is 253 Å². The number of carbonyl (C=O) groups is 2. The number of aliphatic carboxylic acids is 1. The molecule has 1 amide bonds. The lowest BCUT2D eigenvalue weighted by Crippen LogP contribution is -2.38. The predicted octanol–water partition coefficient (Wildman–Crippen LogP) is 7.11. The molecule has 2 fully saturated rings. The van der Waals surface area contributed by atoms with Crippen LogP contribution in [-0.2, 0) is 4.79 Å². The largest absolute Gasteiger partial charge is 0.497 e. The maximum absolute atomic E-state index is 15.2. The first kappa shape index (κ1) is 31.3. The lowest BCUT2D eigenvalue weighted by atomic mass is 9.77. The van der Waals surface area contributed by atoms with Crippen molar-refractivity contribution in [2.75, 3.05) is 19.0 Å². The van der Waals surface area contributed by atoms with E-state index in [1.807, 2.05) is 30.3 Å². The van der Waals surface area contributed by atoms with Crippen LogP contribution in [-0.4, -0.2) is 41.4 Å². The van der Waals surface area contributed by atoms with Crippen LogP contribution in [0.3, 0.4) is 0 Å². The number of nitrogens with zero attached hydrogens (tertiary/aromatic N) is 1. The molecule has 2 N–H and O–H groups in total. The number of anilines is 1. The van der Waals surface area contributed by atoms with Crippen molar-refractivity contribution in [3.63, 3.8) is 0 Å². The number of aromatic nitrogens is 1. The number of pyridine rings is 1. The van der Waals surface area contributed by atoms with E-state index in [1.165, 1.54) is 6.92 Å². The molecule has 1 aromatic heterocycles. The Hall–Kier alpha value is -3.59. The molecule has 7 nitrogen and oxygen atoms in total. The van der Waals surface area contributed by atoms with E-state index in [0.29, 0.717) is 35.2 Å². The van der Waals surface area contributed by atoms with E-state index in [2.05, 4.69) is 10.3 Å². The zero-order valence-corrected chi connectivity index (χ0v) is 25.0. The van der Waals surface area contributed by atoms with Crippen molar-refractivity contribution in [1.82, 2.24) is 4.98 Å². The van der Waals surface area contributed by atoms with Crippen LogP contribution < -0.4 is 14.8 Å². The van der Waals surface area contributed by atoms with Crippen LogP contribution in [0, 0.1) is 11.8 Å². The van der Waals surface area contributed by atoms with Crippen LogP contribution in [0.25, 0.3) is 0 Å². The second-order valence-corrected chi connectivity index (χ2v) is 11.4. The molecule has 0 bridgehead atoms. The van der Waals surface area contributed by atoms with Crippen molar-refractivity contribution in [2.24, 2.45) is 11.8 Å². The van der Waals surface area contributed by atoms with Gasteiger partial charge in [-0.25, -0.2) is 14.2 Å². The van der Waals surface area contributed by atoms with Crippen molar-refractivity contribution >= 4 is 31.2 Å². The Morgan fingerprint density at radius 3 is 2.43 bits per heavy atom. The number of halogens is 1. The van der Waals surface area contributed by atoms with Gasteiger partial charge in [0.1, 0.15) is 17.3 Å². The molecule has 2 aliphatic rings. The van der Waals surface area contributed by atoms with Gasteiger partial charge in [0.05, 0.1) is 13.7 Å². The molecule has 5 rings (SSSR count). The maximum Gasteiger partial charge on any atom is 0.341 e. The van der Waals surface area contributed by atoms with Crippen LogP contribution in [0.2, 0.25) is 0 Å². The number of ether oxygens (including phenoxy) is 2. The highest BCUT2D eigenvalue weighted by molar-refractivity contribution is 7.59. The van der Waals surface area contributed by atoms with E-state index in [0.717, 1.165) is 49.8 Å². The van der Waals surface area contributed by atoms with Gasteiger partial charge < -0.3 is 19.9 Å². The van der Waals surface area contributed by atoms with Crippen molar-refractivity contribution < 1.29 is 28.6 Å².